The summed E-state index contributed by atoms with van der Waals surface area (Å²) in [4.78, 5) is 2.18. The van der Waals surface area contributed by atoms with Crippen LogP contribution in [0.1, 0.15) is 18.4 Å². The maximum Gasteiger partial charge on any atom is 0.0546 e. The zero-order valence-electron chi connectivity index (χ0n) is 10.1. The number of anilines is 1. The average Bonchev–Trinajstić information content (AvgIpc) is 2.26. The molecule has 0 unspecified atom stereocenters. The van der Waals surface area contributed by atoms with Crippen molar-refractivity contribution < 1.29 is 5.11 Å². The van der Waals surface area contributed by atoms with Gasteiger partial charge in [0.1, 0.15) is 0 Å². The second kappa shape index (κ2) is 5.25. The second-order valence-corrected chi connectivity index (χ2v) is 5.26. The van der Waals surface area contributed by atoms with Crippen LogP contribution in [0, 0.1) is 5.92 Å². The summed E-state index contributed by atoms with van der Waals surface area (Å²) >= 11 is 6.13. The normalized spacial score (nSPS) is 23.3. The second-order valence-electron chi connectivity index (χ2n) is 4.85. The zero-order chi connectivity index (χ0) is 12.4. The van der Waals surface area contributed by atoms with Gasteiger partial charge in [-0.15, -0.1) is 0 Å². The van der Waals surface area contributed by atoms with Crippen LogP contribution in [-0.4, -0.2) is 24.8 Å². The van der Waals surface area contributed by atoms with Crippen molar-refractivity contribution in [1.82, 2.24) is 0 Å². The van der Waals surface area contributed by atoms with Crippen LogP contribution in [0.3, 0.4) is 0 Å². The molecule has 0 bridgehead atoms. The molecule has 0 atom stereocenters. The van der Waals surface area contributed by atoms with Crippen molar-refractivity contribution in [3.63, 3.8) is 0 Å². The van der Waals surface area contributed by atoms with Crippen molar-refractivity contribution in [2.75, 3.05) is 18.5 Å². The molecule has 0 saturated heterocycles. The van der Waals surface area contributed by atoms with Gasteiger partial charge in [0.15, 0.2) is 0 Å². The minimum Gasteiger partial charge on any atom is -0.393 e. The van der Waals surface area contributed by atoms with Gasteiger partial charge in [-0.1, -0.05) is 17.7 Å². The monoisotopic (exact) mass is 254 g/mol. The lowest BCUT2D eigenvalue weighted by Crippen LogP contribution is -2.37. The number of hydrogen-bond acceptors (Lipinski definition) is 3. The van der Waals surface area contributed by atoms with Gasteiger partial charge in [0, 0.05) is 30.8 Å². The number of nitrogens with zero attached hydrogens (tertiary/aromatic N) is 1. The van der Waals surface area contributed by atoms with E-state index in [9.17, 15) is 5.11 Å². The zero-order valence-corrected chi connectivity index (χ0v) is 10.8. The van der Waals surface area contributed by atoms with Gasteiger partial charge in [0.2, 0.25) is 0 Å². The molecule has 0 spiro atoms. The van der Waals surface area contributed by atoms with Gasteiger partial charge in [-0.25, -0.2) is 0 Å². The van der Waals surface area contributed by atoms with Crippen LogP contribution >= 0.6 is 11.6 Å². The maximum atomic E-state index is 9.26. The summed E-state index contributed by atoms with van der Waals surface area (Å²) in [5.41, 5.74) is 7.66. The molecule has 1 saturated carbocycles. The minimum absolute atomic E-state index is 0.0865. The molecule has 3 nitrogen and oxygen atoms in total. The average molecular weight is 255 g/mol. The highest BCUT2D eigenvalue weighted by Crippen LogP contribution is 2.30. The van der Waals surface area contributed by atoms with Crippen LogP contribution < -0.4 is 10.6 Å². The molecule has 1 aromatic carbocycles. The van der Waals surface area contributed by atoms with Crippen molar-refractivity contribution in [3.8, 4) is 0 Å². The number of aliphatic hydroxyl groups excluding tert-OH is 1. The van der Waals surface area contributed by atoms with E-state index in [0.29, 0.717) is 12.5 Å². The molecular weight excluding hydrogens is 236 g/mol. The number of benzene rings is 1. The summed E-state index contributed by atoms with van der Waals surface area (Å²) < 4.78 is 0. The molecule has 1 fully saturated rings. The predicted molar refractivity (Wildman–Crippen MR) is 71.3 cm³/mol. The molecule has 1 aliphatic rings. The molecule has 0 heterocycles. The largest absolute Gasteiger partial charge is 0.393 e. The quantitative estimate of drug-likeness (QED) is 0.864. The van der Waals surface area contributed by atoms with Crippen LogP contribution in [0.5, 0.6) is 0 Å². The Balaban J connectivity index is 1.99. The standard InChI is InChI=1S/C13H19ClN2O/c1-16(8-9-4-12(17)5-9)11-3-2-10(7-15)13(14)6-11/h2-3,6,9,12,17H,4-5,7-8,15H2,1H3. The molecule has 4 heteroatoms. The van der Waals surface area contributed by atoms with E-state index in [1.807, 2.05) is 18.2 Å². The third-order valence-corrected chi connectivity index (χ3v) is 3.79. The summed E-state index contributed by atoms with van der Waals surface area (Å²) in [7, 11) is 2.05. The van der Waals surface area contributed by atoms with Crippen LogP contribution in [-0.2, 0) is 6.54 Å². The first-order valence-corrected chi connectivity index (χ1v) is 6.35. The third kappa shape index (κ3) is 2.92. The van der Waals surface area contributed by atoms with E-state index >= 15 is 0 Å². The smallest absolute Gasteiger partial charge is 0.0546 e. The van der Waals surface area contributed by atoms with Crippen LogP contribution in [0.2, 0.25) is 5.02 Å². The molecule has 0 amide bonds. The summed E-state index contributed by atoms with van der Waals surface area (Å²) in [6, 6.07) is 5.98. The van der Waals surface area contributed by atoms with E-state index in [-0.39, 0.29) is 6.10 Å². The molecule has 17 heavy (non-hydrogen) atoms. The first-order chi connectivity index (χ1) is 8.10. The molecule has 1 aromatic rings. The molecule has 0 aliphatic heterocycles. The highest BCUT2D eigenvalue weighted by Gasteiger charge is 2.28. The van der Waals surface area contributed by atoms with E-state index in [2.05, 4.69) is 11.9 Å². The fourth-order valence-corrected chi connectivity index (χ4v) is 2.53. The van der Waals surface area contributed by atoms with E-state index in [1.54, 1.807) is 0 Å². The molecule has 94 valence electrons. The molecule has 0 radical (unpaired) electrons. The number of aliphatic hydroxyl groups is 1. The Morgan fingerprint density at radius 3 is 2.71 bits per heavy atom. The Bertz CT molecular complexity index is 391. The van der Waals surface area contributed by atoms with Gasteiger partial charge in [-0.3, -0.25) is 0 Å². The minimum atomic E-state index is -0.0865. The Morgan fingerprint density at radius 2 is 2.18 bits per heavy atom. The molecular formula is C13H19ClN2O. The van der Waals surface area contributed by atoms with Gasteiger partial charge in [0.25, 0.3) is 0 Å². The van der Waals surface area contributed by atoms with E-state index in [1.165, 1.54) is 0 Å². The summed E-state index contributed by atoms with van der Waals surface area (Å²) in [5, 5.41) is 9.99. The number of nitrogens with two attached hydrogens (primary N) is 1. The maximum absolute atomic E-state index is 9.26. The number of rotatable bonds is 4. The van der Waals surface area contributed by atoms with Gasteiger partial charge in [-0.2, -0.15) is 0 Å². The highest BCUT2D eigenvalue weighted by atomic mass is 35.5. The van der Waals surface area contributed by atoms with Gasteiger partial charge < -0.3 is 15.7 Å². The summed E-state index contributed by atoms with van der Waals surface area (Å²) in [5.74, 6) is 0.600. The first kappa shape index (κ1) is 12.7. The van der Waals surface area contributed by atoms with Crippen LogP contribution in [0.15, 0.2) is 18.2 Å². The predicted octanol–water partition coefficient (Wildman–Crippen LogP) is 2.01. The van der Waals surface area contributed by atoms with E-state index < -0.39 is 0 Å². The molecule has 0 aromatic heterocycles. The van der Waals surface area contributed by atoms with Crippen molar-refractivity contribution in [3.05, 3.63) is 28.8 Å². The fourth-order valence-electron chi connectivity index (χ4n) is 2.28. The Morgan fingerprint density at radius 1 is 1.47 bits per heavy atom. The lowest BCUT2D eigenvalue weighted by atomic mass is 9.82. The van der Waals surface area contributed by atoms with Crippen LogP contribution in [0.4, 0.5) is 5.69 Å². The van der Waals surface area contributed by atoms with Crippen molar-refractivity contribution in [1.29, 1.82) is 0 Å². The summed E-state index contributed by atoms with van der Waals surface area (Å²) in [6.07, 6.45) is 1.74. The lowest BCUT2D eigenvalue weighted by Gasteiger charge is -2.35. The highest BCUT2D eigenvalue weighted by molar-refractivity contribution is 6.31. The number of halogens is 1. The molecule has 1 aliphatic carbocycles. The Kier molecular flexibility index (Phi) is 3.92. The van der Waals surface area contributed by atoms with Gasteiger partial charge in [-0.05, 0) is 36.5 Å². The number of hydrogen-bond donors (Lipinski definition) is 2. The first-order valence-electron chi connectivity index (χ1n) is 5.98. The van der Waals surface area contributed by atoms with Crippen LogP contribution in [0.25, 0.3) is 0 Å². The van der Waals surface area contributed by atoms with Crippen molar-refractivity contribution in [2.45, 2.75) is 25.5 Å². The fraction of sp³-hybridized carbons (Fsp3) is 0.538. The van der Waals surface area contributed by atoms with Crippen molar-refractivity contribution in [2.24, 2.45) is 11.7 Å². The summed E-state index contributed by atoms with van der Waals surface area (Å²) in [6.45, 7) is 1.44. The lowest BCUT2D eigenvalue weighted by molar-refractivity contribution is 0.0465. The van der Waals surface area contributed by atoms with E-state index in [4.69, 9.17) is 17.3 Å². The van der Waals surface area contributed by atoms with Gasteiger partial charge in [0.05, 0.1) is 6.10 Å². The Labute approximate surface area is 107 Å². The topological polar surface area (TPSA) is 49.5 Å². The third-order valence-electron chi connectivity index (χ3n) is 3.44. The van der Waals surface area contributed by atoms with Crippen molar-refractivity contribution >= 4 is 17.3 Å². The van der Waals surface area contributed by atoms with Gasteiger partial charge >= 0.3 is 0 Å². The van der Waals surface area contributed by atoms with E-state index in [0.717, 1.165) is 35.7 Å². The molecule has 3 N–H and O–H groups in total. The molecule has 2 rings (SSSR count). The SMILES string of the molecule is CN(CC1CC(O)C1)c1ccc(CN)c(Cl)c1. The Hall–Kier alpha value is -0.770.